The molecule has 0 amide bonds. The Bertz CT molecular complexity index is 775. The summed E-state index contributed by atoms with van der Waals surface area (Å²) in [7, 11) is 5.97. The Hall–Kier alpha value is -2.38. The van der Waals surface area contributed by atoms with E-state index in [-0.39, 0.29) is 6.10 Å². The fraction of sp³-hybridized carbons (Fsp3) is 0.545. The number of hydrogen-bond acceptors (Lipinski definition) is 4. The van der Waals surface area contributed by atoms with Crippen LogP contribution in [0.3, 0.4) is 0 Å². The molecule has 1 aliphatic rings. The zero-order valence-corrected chi connectivity index (χ0v) is 18.1. The Labute approximate surface area is 174 Å². The van der Waals surface area contributed by atoms with Crippen LogP contribution in [0.4, 0.5) is 0 Å². The second kappa shape index (κ2) is 10.4. The number of aliphatic imine (C=N–C) groups is 1. The zero-order chi connectivity index (χ0) is 20.6. The second-order valence-electron chi connectivity index (χ2n) is 7.77. The van der Waals surface area contributed by atoms with Crippen LogP contribution in [0, 0.1) is 0 Å². The van der Waals surface area contributed by atoms with Gasteiger partial charge in [-0.2, -0.15) is 5.10 Å². The van der Waals surface area contributed by atoms with E-state index in [2.05, 4.69) is 69.5 Å². The lowest BCUT2D eigenvalue weighted by molar-refractivity contribution is -0.00804. The van der Waals surface area contributed by atoms with Crippen molar-refractivity contribution in [2.24, 2.45) is 12.0 Å². The van der Waals surface area contributed by atoms with Gasteiger partial charge < -0.3 is 15.0 Å². The summed E-state index contributed by atoms with van der Waals surface area (Å²) in [5.41, 5.74) is 2.46. The number of nitrogens with zero attached hydrogens (tertiary/aromatic N) is 5. The van der Waals surface area contributed by atoms with Gasteiger partial charge in [-0.1, -0.05) is 30.3 Å². The minimum absolute atomic E-state index is 0.0342. The van der Waals surface area contributed by atoms with Crippen molar-refractivity contribution >= 4 is 5.96 Å². The lowest BCUT2D eigenvalue weighted by Gasteiger charge is -2.35. The highest BCUT2D eigenvalue weighted by atomic mass is 16.5. The molecular weight excluding hydrogens is 364 g/mol. The summed E-state index contributed by atoms with van der Waals surface area (Å²) in [5, 5.41) is 7.80. The van der Waals surface area contributed by atoms with Crippen molar-refractivity contribution in [2.75, 3.05) is 40.3 Å². The number of aryl methyl sites for hydroxylation is 1. The maximum Gasteiger partial charge on any atom is 0.193 e. The predicted octanol–water partition coefficient (Wildman–Crippen LogP) is 2.28. The first-order chi connectivity index (χ1) is 14.1. The average Bonchev–Trinajstić information content (AvgIpc) is 3.18. The number of aromatic nitrogens is 2. The molecule has 7 heteroatoms. The fourth-order valence-corrected chi connectivity index (χ4v) is 3.62. The first kappa shape index (κ1) is 21.3. The summed E-state index contributed by atoms with van der Waals surface area (Å²) in [6.45, 7) is 6.46. The number of nitrogens with one attached hydrogen (secondary N) is 1. The third-order valence-electron chi connectivity index (χ3n) is 5.55. The number of rotatable bonds is 7. The quantitative estimate of drug-likeness (QED) is 0.573. The molecule has 1 fully saturated rings. The molecule has 2 atom stereocenters. The van der Waals surface area contributed by atoms with E-state index in [0.29, 0.717) is 12.6 Å². The summed E-state index contributed by atoms with van der Waals surface area (Å²) in [6.07, 6.45) is 4.99. The first-order valence-electron chi connectivity index (χ1n) is 10.4. The molecule has 1 saturated heterocycles. The molecule has 0 radical (unpaired) electrons. The van der Waals surface area contributed by atoms with E-state index in [1.165, 1.54) is 5.56 Å². The van der Waals surface area contributed by atoms with Gasteiger partial charge in [0.25, 0.3) is 0 Å². The Balaban J connectivity index is 1.46. The molecule has 1 aliphatic heterocycles. The standard InChI is InChI=1S/C22H34N6O/c1-18(26(3)15-19-8-6-5-7-9-19)10-11-24-22(23-2)28-12-13-29-21(17-28)20-14-25-27(4)16-20/h5-9,14,16,18,21H,10-13,15,17H2,1-4H3,(H,23,24). The van der Waals surface area contributed by atoms with Crippen LogP contribution in [0.1, 0.15) is 30.6 Å². The van der Waals surface area contributed by atoms with E-state index in [1.807, 2.05) is 31.2 Å². The van der Waals surface area contributed by atoms with Gasteiger partial charge in [0, 0.05) is 51.5 Å². The Kier molecular flexibility index (Phi) is 7.66. The van der Waals surface area contributed by atoms with Gasteiger partial charge in [0.05, 0.1) is 19.3 Å². The van der Waals surface area contributed by atoms with E-state index in [1.54, 1.807) is 0 Å². The third kappa shape index (κ3) is 6.05. The van der Waals surface area contributed by atoms with Crippen LogP contribution in [0.25, 0.3) is 0 Å². The van der Waals surface area contributed by atoms with Crippen LogP contribution in [0.2, 0.25) is 0 Å². The molecule has 2 aromatic rings. The summed E-state index contributed by atoms with van der Waals surface area (Å²) in [6, 6.07) is 11.1. The van der Waals surface area contributed by atoms with E-state index in [4.69, 9.17) is 4.74 Å². The Morgan fingerprint density at radius 1 is 1.38 bits per heavy atom. The topological polar surface area (TPSA) is 57.9 Å². The van der Waals surface area contributed by atoms with Gasteiger partial charge in [0.15, 0.2) is 5.96 Å². The molecular formula is C22H34N6O. The van der Waals surface area contributed by atoms with Gasteiger partial charge in [0.1, 0.15) is 6.10 Å². The predicted molar refractivity (Wildman–Crippen MR) is 117 cm³/mol. The highest BCUT2D eigenvalue weighted by molar-refractivity contribution is 5.80. The monoisotopic (exact) mass is 398 g/mol. The summed E-state index contributed by atoms with van der Waals surface area (Å²) >= 11 is 0. The van der Waals surface area contributed by atoms with Gasteiger partial charge >= 0.3 is 0 Å². The van der Waals surface area contributed by atoms with Gasteiger partial charge in [-0.3, -0.25) is 14.6 Å². The molecule has 0 spiro atoms. The first-order valence-corrected chi connectivity index (χ1v) is 10.4. The average molecular weight is 399 g/mol. The van der Waals surface area contributed by atoms with Crippen LogP contribution >= 0.6 is 0 Å². The fourth-order valence-electron chi connectivity index (χ4n) is 3.62. The molecule has 158 valence electrons. The minimum Gasteiger partial charge on any atom is -0.370 e. The third-order valence-corrected chi connectivity index (χ3v) is 5.55. The van der Waals surface area contributed by atoms with E-state index in [0.717, 1.165) is 44.1 Å². The molecule has 1 N–H and O–H groups in total. The molecule has 0 bridgehead atoms. The van der Waals surface area contributed by atoms with E-state index < -0.39 is 0 Å². The van der Waals surface area contributed by atoms with Crippen LogP contribution < -0.4 is 5.32 Å². The smallest absolute Gasteiger partial charge is 0.193 e. The van der Waals surface area contributed by atoms with E-state index in [9.17, 15) is 0 Å². The molecule has 1 aromatic heterocycles. The summed E-state index contributed by atoms with van der Waals surface area (Å²) in [5.74, 6) is 0.945. The van der Waals surface area contributed by atoms with Crippen LogP contribution in [0.5, 0.6) is 0 Å². The van der Waals surface area contributed by atoms with Crippen molar-refractivity contribution < 1.29 is 4.74 Å². The zero-order valence-electron chi connectivity index (χ0n) is 18.1. The van der Waals surface area contributed by atoms with Gasteiger partial charge in [-0.05, 0) is 26.0 Å². The lowest BCUT2D eigenvalue weighted by Crippen LogP contribution is -2.48. The van der Waals surface area contributed by atoms with Crippen LogP contribution in [-0.4, -0.2) is 71.9 Å². The van der Waals surface area contributed by atoms with Crippen molar-refractivity contribution in [1.82, 2.24) is 24.9 Å². The van der Waals surface area contributed by atoms with Crippen molar-refractivity contribution in [1.29, 1.82) is 0 Å². The molecule has 29 heavy (non-hydrogen) atoms. The van der Waals surface area contributed by atoms with Crippen molar-refractivity contribution in [3.8, 4) is 0 Å². The molecule has 0 saturated carbocycles. The molecule has 2 unspecified atom stereocenters. The molecule has 7 nitrogen and oxygen atoms in total. The summed E-state index contributed by atoms with van der Waals surface area (Å²) in [4.78, 5) is 9.17. The summed E-state index contributed by atoms with van der Waals surface area (Å²) < 4.78 is 7.77. The number of hydrogen-bond donors (Lipinski definition) is 1. The van der Waals surface area contributed by atoms with Gasteiger partial charge in [-0.25, -0.2) is 0 Å². The van der Waals surface area contributed by atoms with E-state index >= 15 is 0 Å². The Morgan fingerprint density at radius 2 is 2.17 bits per heavy atom. The van der Waals surface area contributed by atoms with Gasteiger partial charge in [-0.15, -0.1) is 0 Å². The molecule has 2 heterocycles. The minimum atomic E-state index is 0.0342. The largest absolute Gasteiger partial charge is 0.370 e. The normalized spacial score (nSPS) is 18.9. The number of morpholine rings is 1. The highest BCUT2D eigenvalue weighted by Gasteiger charge is 2.25. The lowest BCUT2D eigenvalue weighted by atomic mass is 10.1. The molecule has 3 rings (SSSR count). The maximum absolute atomic E-state index is 5.95. The SMILES string of the molecule is CN=C(NCCC(C)N(C)Cc1ccccc1)N1CCOC(c2cnn(C)c2)C1. The van der Waals surface area contributed by atoms with Crippen molar-refractivity contribution in [3.63, 3.8) is 0 Å². The maximum atomic E-state index is 5.95. The van der Waals surface area contributed by atoms with Crippen molar-refractivity contribution in [2.45, 2.75) is 32.0 Å². The Morgan fingerprint density at radius 3 is 2.86 bits per heavy atom. The molecule has 1 aromatic carbocycles. The van der Waals surface area contributed by atoms with Gasteiger partial charge in [0.2, 0.25) is 0 Å². The number of guanidine groups is 1. The molecule has 0 aliphatic carbocycles. The second-order valence-corrected chi connectivity index (χ2v) is 7.77. The number of benzene rings is 1. The highest BCUT2D eigenvalue weighted by Crippen LogP contribution is 2.21. The van der Waals surface area contributed by atoms with Crippen LogP contribution in [0.15, 0.2) is 47.7 Å². The van der Waals surface area contributed by atoms with Crippen molar-refractivity contribution in [3.05, 3.63) is 53.9 Å². The number of ether oxygens (including phenoxy) is 1. The van der Waals surface area contributed by atoms with Crippen LogP contribution in [-0.2, 0) is 18.3 Å².